The van der Waals surface area contributed by atoms with Crippen LogP contribution in [-0.2, 0) is 6.42 Å². The van der Waals surface area contributed by atoms with Crippen molar-refractivity contribution in [3.63, 3.8) is 0 Å². The van der Waals surface area contributed by atoms with Crippen molar-refractivity contribution in [3.05, 3.63) is 23.3 Å². The van der Waals surface area contributed by atoms with Crippen molar-refractivity contribution in [2.75, 3.05) is 13.1 Å². The van der Waals surface area contributed by atoms with Crippen LogP contribution in [0.3, 0.4) is 0 Å². The van der Waals surface area contributed by atoms with Crippen molar-refractivity contribution in [2.24, 2.45) is 0 Å². The summed E-state index contributed by atoms with van der Waals surface area (Å²) >= 11 is 0. The molecule has 1 saturated carbocycles. The highest BCUT2D eigenvalue weighted by molar-refractivity contribution is 5.20. The second-order valence-corrected chi connectivity index (χ2v) is 5.31. The second kappa shape index (κ2) is 4.73. The molecular formula is C14H21N3. The molecule has 2 aliphatic rings. The van der Waals surface area contributed by atoms with Gasteiger partial charge in [-0.15, -0.1) is 0 Å². The van der Waals surface area contributed by atoms with Crippen molar-refractivity contribution in [1.82, 2.24) is 15.3 Å². The average Bonchev–Trinajstić information content (AvgIpc) is 3.23. The molecule has 3 nitrogen and oxygen atoms in total. The summed E-state index contributed by atoms with van der Waals surface area (Å²) in [6.45, 7) is 4.39. The van der Waals surface area contributed by atoms with Gasteiger partial charge in [-0.05, 0) is 44.7 Å². The number of hydrogen-bond acceptors (Lipinski definition) is 3. The fraction of sp³-hybridized carbons (Fsp3) is 0.714. The standard InChI is InChI=1S/C14H21N3/c1-2-12-8-13(10-5-6-10)17-14(16-12)11-4-3-7-15-9-11/h8,10-11,15H,2-7,9H2,1H3. The summed E-state index contributed by atoms with van der Waals surface area (Å²) in [6, 6.07) is 2.22. The summed E-state index contributed by atoms with van der Waals surface area (Å²) in [7, 11) is 0. The number of rotatable bonds is 3. The zero-order valence-corrected chi connectivity index (χ0v) is 10.6. The molecule has 0 spiro atoms. The van der Waals surface area contributed by atoms with Crippen LogP contribution >= 0.6 is 0 Å². The molecule has 1 aliphatic heterocycles. The Kier molecular flexibility index (Phi) is 3.10. The molecule has 1 aromatic rings. The van der Waals surface area contributed by atoms with E-state index in [-0.39, 0.29) is 0 Å². The van der Waals surface area contributed by atoms with Gasteiger partial charge < -0.3 is 5.32 Å². The molecule has 0 amide bonds. The highest BCUT2D eigenvalue weighted by atomic mass is 14.9. The molecule has 0 aromatic carbocycles. The Bertz CT molecular complexity index is 392. The van der Waals surface area contributed by atoms with Crippen molar-refractivity contribution in [1.29, 1.82) is 0 Å². The lowest BCUT2D eigenvalue weighted by atomic mass is 9.98. The van der Waals surface area contributed by atoms with Gasteiger partial charge in [-0.1, -0.05) is 6.92 Å². The number of aryl methyl sites for hydroxylation is 1. The average molecular weight is 231 g/mol. The highest BCUT2D eigenvalue weighted by Crippen LogP contribution is 2.39. The first-order chi connectivity index (χ1) is 8.36. The summed E-state index contributed by atoms with van der Waals surface area (Å²) in [5.74, 6) is 2.37. The maximum Gasteiger partial charge on any atom is 0.133 e. The van der Waals surface area contributed by atoms with E-state index in [4.69, 9.17) is 9.97 Å². The second-order valence-electron chi connectivity index (χ2n) is 5.31. The maximum atomic E-state index is 4.82. The third-order valence-corrected chi connectivity index (χ3v) is 3.84. The Hall–Kier alpha value is -0.960. The molecule has 1 unspecified atom stereocenters. The van der Waals surface area contributed by atoms with Crippen LogP contribution < -0.4 is 5.32 Å². The molecule has 1 N–H and O–H groups in total. The summed E-state index contributed by atoms with van der Waals surface area (Å²) < 4.78 is 0. The maximum absolute atomic E-state index is 4.82. The minimum absolute atomic E-state index is 0.535. The van der Waals surface area contributed by atoms with Crippen LogP contribution in [0.4, 0.5) is 0 Å². The van der Waals surface area contributed by atoms with Crippen molar-refractivity contribution < 1.29 is 0 Å². The molecule has 1 saturated heterocycles. The van der Waals surface area contributed by atoms with Gasteiger partial charge in [0.25, 0.3) is 0 Å². The Labute approximate surface area is 103 Å². The van der Waals surface area contributed by atoms with Gasteiger partial charge in [-0.3, -0.25) is 0 Å². The minimum Gasteiger partial charge on any atom is -0.316 e. The smallest absolute Gasteiger partial charge is 0.133 e. The summed E-state index contributed by atoms with van der Waals surface area (Å²) in [4.78, 5) is 9.55. The number of aromatic nitrogens is 2. The van der Waals surface area contributed by atoms with Crippen LogP contribution in [0.25, 0.3) is 0 Å². The largest absolute Gasteiger partial charge is 0.316 e. The van der Waals surface area contributed by atoms with Crippen LogP contribution in [0.2, 0.25) is 0 Å². The molecule has 0 bridgehead atoms. The summed E-state index contributed by atoms with van der Waals surface area (Å²) in [6.07, 6.45) is 6.16. The lowest BCUT2D eigenvalue weighted by Crippen LogP contribution is -2.29. The Morgan fingerprint density at radius 3 is 2.76 bits per heavy atom. The van der Waals surface area contributed by atoms with E-state index in [0.29, 0.717) is 5.92 Å². The molecule has 3 rings (SSSR count). The fourth-order valence-corrected chi connectivity index (χ4v) is 2.56. The number of hydrogen-bond donors (Lipinski definition) is 1. The first-order valence-electron chi connectivity index (χ1n) is 6.95. The third kappa shape index (κ3) is 2.49. The molecule has 1 aliphatic carbocycles. The zero-order chi connectivity index (χ0) is 11.7. The van der Waals surface area contributed by atoms with E-state index in [1.54, 1.807) is 0 Å². The van der Waals surface area contributed by atoms with Crippen molar-refractivity contribution >= 4 is 0 Å². The fourth-order valence-electron chi connectivity index (χ4n) is 2.56. The first kappa shape index (κ1) is 11.1. The zero-order valence-electron chi connectivity index (χ0n) is 10.6. The van der Waals surface area contributed by atoms with Crippen LogP contribution in [0, 0.1) is 0 Å². The molecule has 1 aromatic heterocycles. The summed E-state index contributed by atoms with van der Waals surface area (Å²) in [5.41, 5.74) is 2.53. The Morgan fingerprint density at radius 1 is 1.24 bits per heavy atom. The van der Waals surface area contributed by atoms with Crippen molar-refractivity contribution in [2.45, 2.75) is 50.9 Å². The third-order valence-electron chi connectivity index (χ3n) is 3.84. The lowest BCUT2D eigenvalue weighted by molar-refractivity contribution is 0.444. The molecule has 92 valence electrons. The van der Waals surface area contributed by atoms with Gasteiger partial charge in [0.2, 0.25) is 0 Å². The van der Waals surface area contributed by atoms with E-state index in [0.717, 1.165) is 31.3 Å². The van der Waals surface area contributed by atoms with Crippen LogP contribution in [0.5, 0.6) is 0 Å². The number of nitrogens with one attached hydrogen (secondary N) is 1. The van der Waals surface area contributed by atoms with E-state index in [1.165, 1.54) is 37.1 Å². The number of piperidine rings is 1. The molecule has 2 heterocycles. The van der Waals surface area contributed by atoms with E-state index in [1.807, 2.05) is 0 Å². The quantitative estimate of drug-likeness (QED) is 0.868. The van der Waals surface area contributed by atoms with Gasteiger partial charge in [0.05, 0.1) is 0 Å². The van der Waals surface area contributed by atoms with Crippen LogP contribution in [-0.4, -0.2) is 23.1 Å². The number of nitrogens with zero attached hydrogens (tertiary/aromatic N) is 2. The highest BCUT2D eigenvalue weighted by Gasteiger charge is 2.27. The first-order valence-corrected chi connectivity index (χ1v) is 6.95. The monoisotopic (exact) mass is 231 g/mol. The molecular weight excluding hydrogens is 210 g/mol. The molecule has 1 atom stereocenters. The molecule has 17 heavy (non-hydrogen) atoms. The lowest BCUT2D eigenvalue weighted by Gasteiger charge is -2.22. The van der Waals surface area contributed by atoms with Gasteiger partial charge in [0.1, 0.15) is 5.82 Å². The van der Waals surface area contributed by atoms with E-state index in [2.05, 4.69) is 18.3 Å². The van der Waals surface area contributed by atoms with Gasteiger partial charge in [0, 0.05) is 29.8 Å². The van der Waals surface area contributed by atoms with E-state index < -0.39 is 0 Å². The van der Waals surface area contributed by atoms with E-state index >= 15 is 0 Å². The van der Waals surface area contributed by atoms with Gasteiger partial charge in [-0.2, -0.15) is 0 Å². The molecule has 2 fully saturated rings. The predicted molar refractivity (Wildman–Crippen MR) is 68.2 cm³/mol. The van der Waals surface area contributed by atoms with Gasteiger partial charge >= 0.3 is 0 Å². The SMILES string of the molecule is CCc1cc(C2CC2)nc(C2CCCNC2)n1. The molecule has 3 heteroatoms. The Balaban J connectivity index is 1.88. The van der Waals surface area contributed by atoms with Crippen LogP contribution in [0.15, 0.2) is 6.07 Å². The topological polar surface area (TPSA) is 37.8 Å². The molecule has 0 radical (unpaired) electrons. The van der Waals surface area contributed by atoms with E-state index in [9.17, 15) is 0 Å². The minimum atomic E-state index is 0.535. The van der Waals surface area contributed by atoms with Gasteiger partial charge in [-0.25, -0.2) is 9.97 Å². The van der Waals surface area contributed by atoms with Crippen molar-refractivity contribution in [3.8, 4) is 0 Å². The normalized spacial score (nSPS) is 24.9. The Morgan fingerprint density at radius 2 is 2.12 bits per heavy atom. The van der Waals surface area contributed by atoms with Gasteiger partial charge in [0.15, 0.2) is 0 Å². The van der Waals surface area contributed by atoms with Crippen LogP contribution in [0.1, 0.15) is 61.7 Å². The summed E-state index contributed by atoms with van der Waals surface area (Å²) in [5, 5.41) is 3.46. The predicted octanol–water partition coefficient (Wildman–Crippen LogP) is 2.38.